The number of hydrogen-bond acceptors (Lipinski definition) is 5. The van der Waals surface area contributed by atoms with Crippen molar-refractivity contribution in [2.75, 3.05) is 0 Å². The van der Waals surface area contributed by atoms with Crippen molar-refractivity contribution < 1.29 is 9.18 Å². The summed E-state index contributed by atoms with van der Waals surface area (Å²) in [6.07, 6.45) is 1.43. The number of nitrogens with zero attached hydrogens (tertiary/aromatic N) is 3. The maximum atomic E-state index is 13.2. The maximum absolute atomic E-state index is 13.2. The fourth-order valence-electron chi connectivity index (χ4n) is 2.81. The zero-order chi connectivity index (χ0) is 19.5. The van der Waals surface area contributed by atoms with Crippen LogP contribution >= 0.6 is 11.5 Å². The molecule has 140 valence electrons. The zero-order valence-electron chi connectivity index (χ0n) is 14.6. The molecular formula is C20H15FN4O2S. The van der Waals surface area contributed by atoms with Crippen molar-refractivity contribution in [2.24, 2.45) is 0 Å². The largest absolute Gasteiger partial charge is 0.347 e. The molecule has 0 aliphatic heterocycles. The molecule has 2 aromatic heterocycles. The summed E-state index contributed by atoms with van der Waals surface area (Å²) in [5, 5.41) is 2.71. The molecule has 0 aliphatic carbocycles. The van der Waals surface area contributed by atoms with Crippen molar-refractivity contribution in [1.82, 2.24) is 19.2 Å². The second-order valence-electron chi connectivity index (χ2n) is 6.18. The second kappa shape index (κ2) is 7.69. The summed E-state index contributed by atoms with van der Waals surface area (Å²) in [5.74, 6) is -0.764. The Kier molecular flexibility index (Phi) is 4.94. The summed E-state index contributed by atoms with van der Waals surface area (Å²) < 4.78 is 18.8. The van der Waals surface area contributed by atoms with Gasteiger partial charge in [-0.05, 0) is 34.8 Å². The average Bonchev–Trinajstić information content (AvgIpc) is 3.14. The highest BCUT2D eigenvalue weighted by atomic mass is 32.1. The maximum Gasteiger partial charge on any atom is 0.281 e. The number of carbonyl (C=O) groups is 1. The number of halogens is 1. The molecule has 0 saturated carbocycles. The van der Waals surface area contributed by atoms with Crippen LogP contribution in [0, 0.1) is 5.82 Å². The van der Waals surface area contributed by atoms with E-state index in [-0.39, 0.29) is 33.8 Å². The van der Waals surface area contributed by atoms with E-state index in [1.54, 1.807) is 12.1 Å². The van der Waals surface area contributed by atoms with Crippen molar-refractivity contribution in [3.05, 3.63) is 93.1 Å². The van der Waals surface area contributed by atoms with Crippen LogP contribution < -0.4 is 10.9 Å². The summed E-state index contributed by atoms with van der Waals surface area (Å²) in [6, 6.07) is 15.5. The van der Waals surface area contributed by atoms with E-state index < -0.39 is 5.91 Å². The van der Waals surface area contributed by atoms with Crippen molar-refractivity contribution in [1.29, 1.82) is 0 Å². The van der Waals surface area contributed by atoms with Gasteiger partial charge in [-0.15, -0.1) is 0 Å². The van der Waals surface area contributed by atoms with Gasteiger partial charge in [-0.2, -0.15) is 4.37 Å². The van der Waals surface area contributed by atoms with Gasteiger partial charge < -0.3 is 5.32 Å². The normalized spacial score (nSPS) is 10.9. The molecular weight excluding hydrogens is 379 g/mol. The van der Waals surface area contributed by atoms with Gasteiger partial charge in [0.25, 0.3) is 11.5 Å². The van der Waals surface area contributed by atoms with Crippen LogP contribution in [0.25, 0.3) is 11.0 Å². The summed E-state index contributed by atoms with van der Waals surface area (Å²) in [6.45, 7) is 0.544. The van der Waals surface area contributed by atoms with Gasteiger partial charge in [0.1, 0.15) is 16.2 Å². The minimum Gasteiger partial charge on any atom is -0.347 e. The van der Waals surface area contributed by atoms with Gasteiger partial charge >= 0.3 is 0 Å². The van der Waals surface area contributed by atoms with E-state index >= 15 is 0 Å². The first kappa shape index (κ1) is 18.0. The molecule has 4 rings (SSSR count). The van der Waals surface area contributed by atoms with Gasteiger partial charge in [0.05, 0.1) is 12.9 Å². The molecule has 0 bridgehead atoms. The van der Waals surface area contributed by atoms with Gasteiger partial charge in [0.2, 0.25) is 0 Å². The molecule has 28 heavy (non-hydrogen) atoms. The number of amides is 1. The highest BCUT2D eigenvalue weighted by molar-refractivity contribution is 7.09. The van der Waals surface area contributed by atoms with E-state index in [2.05, 4.69) is 14.7 Å². The van der Waals surface area contributed by atoms with Gasteiger partial charge in [-0.3, -0.25) is 14.2 Å². The summed E-state index contributed by atoms with van der Waals surface area (Å²) in [5.41, 5.74) is 1.75. The molecule has 6 nitrogen and oxygen atoms in total. The Bertz CT molecular complexity index is 1200. The van der Waals surface area contributed by atoms with E-state index in [1.807, 2.05) is 30.3 Å². The predicted octanol–water partition coefficient (Wildman–Crippen LogP) is 2.97. The zero-order valence-corrected chi connectivity index (χ0v) is 15.4. The quantitative estimate of drug-likeness (QED) is 0.565. The monoisotopic (exact) mass is 394 g/mol. The number of aromatic nitrogens is 3. The molecule has 0 unspecified atom stereocenters. The van der Waals surface area contributed by atoms with E-state index in [1.165, 1.54) is 23.0 Å². The molecule has 2 heterocycles. The van der Waals surface area contributed by atoms with Crippen molar-refractivity contribution in [3.63, 3.8) is 0 Å². The Hall–Kier alpha value is -3.39. The molecule has 0 aliphatic rings. The molecule has 2 aromatic carbocycles. The molecule has 1 amide bonds. The van der Waals surface area contributed by atoms with Crippen LogP contribution in [0.2, 0.25) is 0 Å². The van der Waals surface area contributed by atoms with E-state index in [0.717, 1.165) is 17.1 Å². The summed E-state index contributed by atoms with van der Waals surface area (Å²) in [7, 11) is 0. The summed E-state index contributed by atoms with van der Waals surface area (Å²) in [4.78, 5) is 29.7. The van der Waals surface area contributed by atoms with Gasteiger partial charge in [0.15, 0.2) is 5.52 Å². The molecule has 0 spiro atoms. The highest BCUT2D eigenvalue weighted by Gasteiger charge is 2.18. The number of fused-ring (bicyclic) bond motifs is 1. The lowest BCUT2D eigenvalue weighted by Gasteiger charge is -2.06. The number of benzene rings is 2. The van der Waals surface area contributed by atoms with Crippen LogP contribution in [0.15, 0.2) is 65.7 Å². The van der Waals surface area contributed by atoms with E-state index in [4.69, 9.17) is 0 Å². The third-order valence-electron chi connectivity index (χ3n) is 4.20. The second-order valence-corrected chi connectivity index (χ2v) is 6.96. The Morgan fingerprint density at radius 1 is 1.07 bits per heavy atom. The molecule has 0 fully saturated rings. The number of rotatable bonds is 5. The van der Waals surface area contributed by atoms with Crippen molar-refractivity contribution in [3.8, 4) is 0 Å². The van der Waals surface area contributed by atoms with Crippen LogP contribution in [-0.2, 0) is 13.1 Å². The van der Waals surface area contributed by atoms with Gasteiger partial charge in [-0.1, -0.05) is 42.5 Å². The Labute approximate surface area is 163 Å². The number of carbonyl (C=O) groups excluding carboxylic acids is 1. The standard InChI is InChI=1S/C20H15FN4O2S/c21-15-8-4-7-14(9-15)10-22-19(26)18-16-17(24-28-18)20(27)25(12-23-16)11-13-5-2-1-3-6-13/h1-9,12H,10-11H2,(H,22,26). The van der Waals surface area contributed by atoms with Crippen LogP contribution in [-0.4, -0.2) is 19.8 Å². The third kappa shape index (κ3) is 3.67. The Morgan fingerprint density at radius 2 is 1.86 bits per heavy atom. The van der Waals surface area contributed by atoms with E-state index in [0.29, 0.717) is 12.1 Å². The minimum atomic E-state index is -0.399. The molecule has 0 atom stereocenters. The van der Waals surface area contributed by atoms with Gasteiger partial charge in [0, 0.05) is 6.54 Å². The summed E-state index contributed by atoms with van der Waals surface area (Å²) >= 11 is 0.926. The fraction of sp³-hybridized carbons (Fsp3) is 0.100. The Balaban J connectivity index is 1.56. The molecule has 4 aromatic rings. The fourth-order valence-corrected chi connectivity index (χ4v) is 3.55. The highest BCUT2D eigenvalue weighted by Crippen LogP contribution is 2.18. The average molecular weight is 394 g/mol. The predicted molar refractivity (Wildman–Crippen MR) is 105 cm³/mol. The molecule has 0 radical (unpaired) electrons. The van der Waals surface area contributed by atoms with Crippen LogP contribution in [0.3, 0.4) is 0 Å². The van der Waals surface area contributed by atoms with Crippen molar-refractivity contribution in [2.45, 2.75) is 13.1 Å². The van der Waals surface area contributed by atoms with Crippen molar-refractivity contribution >= 4 is 28.5 Å². The lowest BCUT2D eigenvalue weighted by atomic mass is 10.2. The number of hydrogen-bond donors (Lipinski definition) is 1. The first-order chi connectivity index (χ1) is 13.6. The lowest BCUT2D eigenvalue weighted by molar-refractivity contribution is 0.0956. The molecule has 8 heteroatoms. The topological polar surface area (TPSA) is 76.9 Å². The Morgan fingerprint density at radius 3 is 2.64 bits per heavy atom. The van der Waals surface area contributed by atoms with E-state index in [9.17, 15) is 14.0 Å². The molecule has 0 saturated heterocycles. The third-order valence-corrected chi connectivity index (χ3v) is 5.04. The lowest BCUT2D eigenvalue weighted by Crippen LogP contribution is -2.24. The molecule has 1 N–H and O–H groups in total. The number of nitrogens with one attached hydrogen (secondary N) is 1. The van der Waals surface area contributed by atoms with Crippen LogP contribution in [0.1, 0.15) is 20.8 Å². The smallest absolute Gasteiger partial charge is 0.281 e. The first-order valence-corrected chi connectivity index (χ1v) is 9.30. The van der Waals surface area contributed by atoms with Crippen LogP contribution in [0.5, 0.6) is 0 Å². The van der Waals surface area contributed by atoms with Gasteiger partial charge in [-0.25, -0.2) is 9.37 Å². The van der Waals surface area contributed by atoms with Crippen LogP contribution in [0.4, 0.5) is 4.39 Å². The minimum absolute atomic E-state index is 0.166. The first-order valence-electron chi connectivity index (χ1n) is 8.53. The SMILES string of the molecule is O=C(NCc1cccc(F)c1)c1snc2c(=O)n(Cc3ccccc3)cnc12.